The van der Waals surface area contributed by atoms with E-state index in [1.807, 2.05) is 27.0 Å². The van der Waals surface area contributed by atoms with E-state index in [9.17, 15) is 4.79 Å². The lowest BCUT2D eigenvalue weighted by atomic mass is 10.1. The molecule has 0 bridgehead atoms. The fraction of sp³-hybridized carbons (Fsp3) is 0.667. The Bertz CT molecular complexity index is 565. The molecule has 1 saturated heterocycles. The van der Waals surface area contributed by atoms with E-state index in [-0.39, 0.29) is 12.1 Å². The van der Waals surface area contributed by atoms with Gasteiger partial charge in [0.2, 0.25) is 0 Å². The van der Waals surface area contributed by atoms with E-state index in [2.05, 4.69) is 15.3 Å². The molecule has 0 aliphatic carbocycles. The van der Waals surface area contributed by atoms with Crippen molar-refractivity contribution in [2.24, 2.45) is 0 Å². The number of nitrogens with zero attached hydrogens (tertiary/aromatic N) is 3. The number of rotatable bonds is 3. The average molecular weight is 359 g/mol. The van der Waals surface area contributed by atoms with Crippen molar-refractivity contribution in [3.05, 3.63) is 11.2 Å². The molecule has 8 heteroatoms. The molecule has 1 atom stereocenters. The lowest BCUT2D eigenvalue weighted by Crippen LogP contribution is -2.47. The highest BCUT2D eigenvalue weighted by Gasteiger charge is 2.27. The third-order valence-corrected chi connectivity index (χ3v) is 4.02. The van der Waals surface area contributed by atoms with E-state index in [0.717, 1.165) is 12.8 Å². The van der Waals surface area contributed by atoms with Crippen LogP contribution in [0.15, 0.2) is 11.2 Å². The molecular weight excluding hydrogens is 336 g/mol. The van der Waals surface area contributed by atoms with Crippen LogP contribution >= 0.6 is 23.4 Å². The number of thioether (sulfide) groups is 1. The Labute approximate surface area is 146 Å². The van der Waals surface area contributed by atoms with E-state index in [1.54, 1.807) is 11.0 Å². The largest absolute Gasteiger partial charge is 0.444 e. The van der Waals surface area contributed by atoms with Gasteiger partial charge in [-0.15, -0.1) is 0 Å². The quantitative estimate of drug-likeness (QED) is 0.505. The highest BCUT2D eigenvalue weighted by molar-refractivity contribution is 7.98. The van der Waals surface area contributed by atoms with Crippen molar-refractivity contribution in [2.45, 2.75) is 50.4 Å². The summed E-state index contributed by atoms with van der Waals surface area (Å²) in [6.07, 6.45) is 3.52. The van der Waals surface area contributed by atoms with Crippen LogP contribution in [0.2, 0.25) is 5.15 Å². The molecule has 0 unspecified atom stereocenters. The van der Waals surface area contributed by atoms with Gasteiger partial charge in [0.25, 0.3) is 0 Å². The molecule has 1 amide bonds. The summed E-state index contributed by atoms with van der Waals surface area (Å²) in [6, 6.07) is 1.82. The molecular formula is C15H23ClN4O2S. The van der Waals surface area contributed by atoms with Crippen LogP contribution in [0, 0.1) is 0 Å². The molecule has 0 saturated carbocycles. The maximum absolute atomic E-state index is 12.2. The highest BCUT2D eigenvalue weighted by atomic mass is 35.5. The molecule has 1 fully saturated rings. The maximum Gasteiger partial charge on any atom is 0.410 e. The van der Waals surface area contributed by atoms with Crippen molar-refractivity contribution >= 4 is 35.3 Å². The summed E-state index contributed by atoms with van der Waals surface area (Å²) >= 11 is 7.45. The van der Waals surface area contributed by atoms with Gasteiger partial charge in [-0.3, -0.25) is 0 Å². The van der Waals surface area contributed by atoms with Crippen molar-refractivity contribution in [1.29, 1.82) is 0 Å². The molecule has 2 heterocycles. The maximum atomic E-state index is 12.2. The molecule has 0 radical (unpaired) electrons. The first-order chi connectivity index (χ1) is 10.8. The molecule has 6 nitrogen and oxygen atoms in total. The van der Waals surface area contributed by atoms with Crippen molar-refractivity contribution < 1.29 is 9.53 Å². The van der Waals surface area contributed by atoms with Gasteiger partial charge in [-0.25, -0.2) is 14.8 Å². The molecule has 2 rings (SSSR count). The highest BCUT2D eigenvalue weighted by Crippen LogP contribution is 2.21. The minimum Gasteiger partial charge on any atom is -0.444 e. The first-order valence-corrected chi connectivity index (χ1v) is 9.20. The Hall–Kier alpha value is -1.21. The summed E-state index contributed by atoms with van der Waals surface area (Å²) < 4.78 is 5.44. The van der Waals surface area contributed by atoms with Crippen LogP contribution in [0.3, 0.4) is 0 Å². The number of likely N-dealkylation sites (tertiary alicyclic amines) is 1. The molecule has 1 aromatic heterocycles. The smallest absolute Gasteiger partial charge is 0.410 e. The van der Waals surface area contributed by atoms with Crippen LogP contribution in [0.5, 0.6) is 0 Å². The van der Waals surface area contributed by atoms with E-state index < -0.39 is 5.60 Å². The van der Waals surface area contributed by atoms with Gasteiger partial charge in [-0.05, 0) is 39.9 Å². The lowest BCUT2D eigenvalue weighted by molar-refractivity contribution is 0.0206. The van der Waals surface area contributed by atoms with E-state index in [0.29, 0.717) is 29.2 Å². The molecule has 1 aromatic rings. The van der Waals surface area contributed by atoms with E-state index in [1.165, 1.54) is 11.8 Å². The monoisotopic (exact) mass is 358 g/mol. The second kappa shape index (κ2) is 7.57. The molecule has 1 aliphatic heterocycles. The van der Waals surface area contributed by atoms with Gasteiger partial charge < -0.3 is 15.0 Å². The predicted molar refractivity (Wildman–Crippen MR) is 93.3 cm³/mol. The minimum atomic E-state index is -0.481. The average Bonchev–Trinajstić information content (AvgIpc) is 2.45. The van der Waals surface area contributed by atoms with Gasteiger partial charge in [-0.1, -0.05) is 23.4 Å². The summed E-state index contributed by atoms with van der Waals surface area (Å²) in [5.74, 6) is 0.686. The molecule has 1 aliphatic rings. The predicted octanol–water partition coefficient (Wildman–Crippen LogP) is 3.66. The van der Waals surface area contributed by atoms with Crippen LogP contribution in [0.4, 0.5) is 10.6 Å². The molecule has 23 heavy (non-hydrogen) atoms. The number of aromatic nitrogens is 2. The number of carbonyl (C=O) groups excluding carboxylic acids is 1. The zero-order valence-electron chi connectivity index (χ0n) is 13.9. The summed E-state index contributed by atoms with van der Waals surface area (Å²) in [6.45, 7) is 6.92. The van der Waals surface area contributed by atoms with Gasteiger partial charge in [-0.2, -0.15) is 0 Å². The number of hydrogen-bond donors (Lipinski definition) is 1. The fourth-order valence-electron chi connectivity index (χ4n) is 2.36. The number of nitrogens with one attached hydrogen (secondary N) is 1. The third-order valence-electron chi connectivity index (χ3n) is 3.28. The van der Waals surface area contributed by atoms with Crippen molar-refractivity contribution in [2.75, 3.05) is 24.7 Å². The standard InChI is InChI=1S/C15H23ClN4O2S/c1-15(2,3)22-14(21)20-7-5-6-10(9-20)17-12-8-11(16)18-13(19-12)23-4/h8,10H,5-7,9H2,1-4H3,(H,17,18,19)/t10-/m0/s1. The molecule has 128 valence electrons. The number of anilines is 1. The van der Waals surface area contributed by atoms with Gasteiger partial charge in [0.05, 0.1) is 0 Å². The normalized spacial score (nSPS) is 18.7. The number of carbonyl (C=O) groups is 1. The van der Waals surface area contributed by atoms with Crippen molar-refractivity contribution in [1.82, 2.24) is 14.9 Å². The number of piperidine rings is 1. The van der Waals surface area contributed by atoms with Gasteiger partial charge in [0, 0.05) is 25.2 Å². The summed E-state index contributed by atoms with van der Waals surface area (Å²) in [5, 5.41) is 4.38. The van der Waals surface area contributed by atoms with E-state index in [4.69, 9.17) is 16.3 Å². The second-order valence-electron chi connectivity index (χ2n) is 6.47. The van der Waals surface area contributed by atoms with Gasteiger partial charge in [0.15, 0.2) is 5.16 Å². The van der Waals surface area contributed by atoms with Crippen molar-refractivity contribution in [3.8, 4) is 0 Å². The van der Waals surface area contributed by atoms with Crippen LogP contribution in [0.25, 0.3) is 0 Å². The van der Waals surface area contributed by atoms with Crippen LogP contribution in [-0.2, 0) is 4.74 Å². The number of amides is 1. The van der Waals surface area contributed by atoms with Crippen LogP contribution in [0.1, 0.15) is 33.6 Å². The lowest BCUT2D eigenvalue weighted by Gasteiger charge is -2.34. The zero-order chi connectivity index (χ0) is 17.0. The van der Waals surface area contributed by atoms with E-state index >= 15 is 0 Å². The van der Waals surface area contributed by atoms with Crippen LogP contribution in [-0.4, -0.2) is 51.9 Å². The minimum absolute atomic E-state index is 0.122. The summed E-state index contributed by atoms with van der Waals surface area (Å²) in [7, 11) is 0. The van der Waals surface area contributed by atoms with Crippen molar-refractivity contribution in [3.63, 3.8) is 0 Å². The van der Waals surface area contributed by atoms with Gasteiger partial charge >= 0.3 is 6.09 Å². The Balaban J connectivity index is 1.99. The molecule has 0 spiro atoms. The Morgan fingerprint density at radius 1 is 1.48 bits per heavy atom. The summed E-state index contributed by atoms with van der Waals surface area (Å²) in [4.78, 5) is 22.5. The van der Waals surface area contributed by atoms with Gasteiger partial charge in [0.1, 0.15) is 16.6 Å². The molecule has 0 aromatic carbocycles. The first-order valence-electron chi connectivity index (χ1n) is 7.60. The SMILES string of the molecule is CSc1nc(Cl)cc(N[C@H]2CCCN(C(=O)OC(C)(C)C)C2)n1. The fourth-order valence-corrected chi connectivity index (χ4v) is 2.97. The Morgan fingerprint density at radius 2 is 2.22 bits per heavy atom. The van der Waals surface area contributed by atoms with Crippen LogP contribution < -0.4 is 5.32 Å². The first kappa shape index (κ1) is 18.1. The number of hydrogen-bond acceptors (Lipinski definition) is 6. The Morgan fingerprint density at radius 3 is 2.87 bits per heavy atom. The third kappa shape index (κ3) is 5.73. The topological polar surface area (TPSA) is 67.4 Å². The second-order valence-corrected chi connectivity index (χ2v) is 7.63. The molecule has 1 N–H and O–H groups in total. The number of ether oxygens (including phenoxy) is 1. The zero-order valence-corrected chi connectivity index (χ0v) is 15.5. The number of halogens is 1. The Kier molecular flexibility index (Phi) is 5.97. The summed E-state index contributed by atoms with van der Waals surface area (Å²) in [5.41, 5.74) is -0.481.